The number of aromatic nitrogens is 2. The van der Waals surface area contributed by atoms with Crippen LogP contribution in [0.2, 0.25) is 0 Å². The lowest BCUT2D eigenvalue weighted by molar-refractivity contribution is -0.118. The number of nitrogens with one attached hydrogen (secondary N) is 2. The van der Waals surface area contributed by atoms with E-state index in [4.69, 9.17) is 4.74 Å². The van der Waals surface area contributed by atoms with Crippen molar-refractivity contribution in [3.8, 4) is 11.4 Å². The minimum Gasteiger partial charge on any atom is -0.497 e. The third kappa shape index (κ3) is 6.62. The van der Waals surface area contributed by atoms with Crippen LogP contribution >= 0.6 is 11.8 Å². The van der Waals surface area contributed by atoms with Crippen LogP contribution in [0.25, 0.3) is 5.69 Å². The van der Waals surface area contributed by atoms with Crippen molar-refractivity contribution in [3.05, 3.63) is 72.1 Å². The van der Waals surface area contributed by atoms with E-state index < -0.39 is 0 Å². The molecule has 3 aromatic rings. The van der Waals surface area contributed by atoms with Gasteiger partial charge in [-0.05, 0) is 42.3 Å². The summed E-state index contributed by atoms with van der Waals surface area (Å²) in [4.78, 5) is 29.0. The van der Waals surface area contributed by atoms with Crippen molar-refractivity contribution in [2.45, 2.75) is 31.5 Å². The first kappa shape index (κ1) is 23.4. The molecule has 0 spiro atoms. The van der Waals surface area contributed by atoms with Crippen LogP contribution in [0.3, 0.4) is 0 Å². The van der Waals surface area contributed by atoms with Gasteiger partial charge in [0, 0.05) is 36.7 Å². The number of unbranched alkanes of at least 4 members (excludes halogenated alkanes) is 1. The second kappa shape index (κ2) is 12.0. The fourth-order valence-corrected chi connectivity index (χ4v) is 3.80. The van der Waals surface area contributed by atoms with E-state index in [0.29, 0.717) is 23.8 Å². The van der Waals surface area contributed by atoms with E-state index >= 15 is 0 Å². The number of hydrogen-bond acceptors (Lipinski definition) is 5. The van der Waals surface area contributed by atoms with Crippen LogP contribution in [0.1, 0.15) is 35.7 Å². The molecule has 0 aliphatic carbocycles. The summed E-state index contributed by atoms with van der Waals surface area (Å²) in [6.45, 7) is 3.20. The molecule has 32 heavy (non-hydrogen) atoms. The van der Waals surface area contributed by atoms with E-state index in [9.17, 15) is 9.59 Å². The molecule has 0 unspecified atom stereocenters. The van der Waals surface area contributed by atoms with E-state index in [2.05, 4.69) is 22.5 Å². The second-order valence-electron chi connectivity index (χ2n) is 7.15. The summed E-state index contributed by atoms with van der Waals surface area (Å²) in [5, 5.41) is 6.54. The van der Waals surface area contributed by atoms with E-state index in [1.165, 1.54) is 11.8 Å². The van der Waals surface area contributed by atoms with E-state index in [0.717, 1.165) is 29.8 Å². The Balaban J connectivity index is 1.56. The Labute approximate surface area is 192 Å². The lowest BCUT2D eigenvalue weighted by Gasteiger charge is -2.10. The Morgan fingerprint density at radius 1 is 1.12 bits per heavy atom. The van der Waals surface area contributed by atoms with E-state index in [-0.39, 0.29) is 17.6 Å². The molecule has 1 heterocycles. The van der Waals surface area contributed by atoms with Crippen molar-refractivity contribution < 1.29 is 14.3 Å². The molecule has 0 aliphatic heterocycles. The van der Waals surface area contributed by atoms with Gasteiger partial charge in [-0.3, -0.25) is 14.2 Å². The van der Waals surface area contributed by atoms with Gasteiger partial charge in [-0.1, -0.05) is 43.3 Å². The summed E-state index contributed by atoms with van der Waals surface area (Å²) in [5.41, 5.74) is 2.42. The highest BCUT2D eigenvalue weighted by Gasteiger charge is 2.11. The molecule has 3 rings (SSSR count). The summed E-state index contributed by atoms with van der Waals surface area (Å²) >= 11 is 1.35. The number of carbonyl (C=O) groups is 2. The van der Waals surface area contributed by atoms with Crippen molar-refractivity contribution in [3.63, 3.8) is 0 Å². The van der Waals surface area contributed by atoms with Gasteiger partial charge in [0.05, 0.1) is 12.9 Å². The lowest BCUT2D eigenvalue weighted by Crippen LogP contribution is -2.24. The van der Waals surface area contributed by atoms with E-state index in [1.807, 2.05) is 53.2 Å². The molecule has 0 aliphatic rings. The first-order chi connectivity index (χ1) is 15.6. The van der Waals surface area contributed by atoms with Crippen molar-refractivity contribution in [2.75, 3.05) is 19.4 Å². The number of hydrogen-bond donors (Lipinski definition) is 2. The van der Waals surface area contributed by atoms with Crippen molar-refractivity contribution in [1.29, 1.82) is 0 Å². The van der Waals surface area contributed by atoms with Gasteiger partial charge in [-0.2, -0.15) is 0 Å². The van der Waals surface area contributed by atoms with Gasteiger partial charge in [-0.25, -0.2) is 4.98 Å². The minimum absolute atomic E-state index is 0.0792. The zero-order valence-electron chi connectivity index (χ0n) is 18.3. The summed E-state index contributed by atoms with van der Waals surface area (Å²) in [6.07, 6.45) is 5.50. The summed E-state index contributed by atoms with van der Waals surface area (Å²) in [6, 6.07) is 15.0. The predicted octanol–water partition coefficient (Wildman–Crippen LogP) is 3.82. The van der Waals surface area contributed by atoms with Gasteiger partial charge >= 0.3 is 0 Å². The average molecular weight is 453 g/mol. The molecule has 2 aromatic carbocycles. The standard InChI is InChI=1S/C24H28N4O3S/c1-3-4-12-25-23(30)19-6-5-7-20(15-19)28-14-13-26-24(28)32-17-22(29)27-16-18-8-10-21(31-2)11-9-18/h5-11,13-15H,3-4,12,16-17H2,1-2H3,(H,25,30)(H,27,29). The van der Waals surface area contributed by atoms with Crippen LogP contribution in [-0.4, -0.2) is 40.8 Å². The fraction of sp³-hybridized carbons (Fsp3) is 0.292. The molecule has 2 N–H and O–H groups in total. The molecule has 0 atom stereocenters. The van der Waals surface area contributed by atoms with Gasteiger partial charge in [0.2, 0.25) is 5.91 Å². The van der Waals surface area contributed by atoms with Crippen LogP contribution in [0.4, 0.5) is 0 Å². The number of carbonyl (C=O) groups excluding carboxylic acids is 2. The zero-order valence-corrected chi connectivity index (χ0v) is 19.2. The molecule has 0 saturated heterocycles. The highest BCUT2D eigenvalue weighted by molar-refractivity contribution is 7.99. The summed E-state index contributed by atoms with van der Waals surface area (Å²) in [5.74, 6) is 0.853. The molecule has 0 bridgehead atoms. The molecule has 0 saturated carbocycles. The third-order valence-electron chi connectivity index (χ3n) is 4.79. The van der Waals surface area contributed by atoms with Gasteiger partial charge in [0.25, 0.3) is 5.91 Å². The minimum atomic E-state index is -0.0903. The SMILES string of the molecule is CCCCNC(=O)c1cccc(-n2ccnc2SCC(=O)NCc2ccc(OC)cc2)c1. The number of nitrogens with zero attached hydrogens (tertiary/aromatic N) is 2. The molecule has 8 heteroatoms. The number of rotatable bonds is 11. The topological polar surface area (TPSA) is 85.2 Å². The molecule has 2 amide bonds. The molecular formula is C24H28N4O3S. The van der Waals surface area contributed by atoms with Crippen LogP contribution in [-0.2, 0) is 11.3 Å². The van der Waals surface area contributed by atoms with Crippen LogP contribution < -0.4 is 15.4 Å². The Morgan fingerprint density at radius 2 is 1.94 bits per heavy atom. The highest BCUT2D eigenvalue weighted by atomic mass is 32.2. The normalized spacial score (nSPS) is 10.6. The molecule has 1 aromatic heterocycles. The van der Waals surface area contributed by atoms with Gasteiger partial charge < -0.3 is 15.4 Å². The van der Waals surface area contributed by atoms with E-state index in [1.54, 1.807) is 19.4 Å². The molecule has 0 fully saturated rings. The largest absolute Gasteiger partial charge is 0.497 e. The number of ether oxygens (including phenoxy) is 1. The Kier molecular flexibility index (Phi) is 8.74. The number of methoxy groups -OCH3 is 1. The van der Waals surface area contributed by atoms with Crippen LogP contribution in [0.5, 0.6) is 5.75 Å². The Morgan fingerprint density at radius 3 is 2.69 bits per heavy atom. The van der Waals surface area contributed by atoms with Crippen LogP contribution in [0.15, 0.2) is 66.1 Å². The Hall–Kier alpha value is -3.26. The summed E-state index contributed by atoms with van der Waals surface area (Å²) < 4.78 is 7.02. The van der Waals surface area contributed by atoms with Crippen molar-refractivity contribution in [2.24, 2.45) is 0 Å². The van der Waals surface area contributed by atoms with Crippen molar-refractivity contribution >= 4 is 23.6 Å². The number of imidazole rings is 1. The van der Waals surface area contributed by atoms with Crippen molar-refractivity contribution in [1.82, 2.24) is 20.2 Å². The highest BCUT2D eigenvalue weighted by Crippen LogP contribution is 2.21. The number of thioether (sulfide) groups is 1. The summed E-state index contributed by atoms with van der Waals surface area (Å²) in [7, 11) is 1.62. The number of amides is 2. The molecule has 7 nitrogen and oxygen atoms in total. The monoisotopic (exact) mass is 452 g/mol. The fourth-order valence-electron chi connectivity index (χ4n) is 3.00. The van der Waals surface area contributed by atoms with Gasteiger partial charge in [0.15, 0.2) is 5.16 Å². The zero-order chi connectivity index (χ0) is 22.8. The maximum atomic E-state index is 12.4. The smallest absolute Gasteiger partial charge is 0.251 e. The lowest BCUT2D eigenvalue weighted by atomic mass is 10.2. The predicted molar refractivity (Wildman–Crippen MR) is 126 cm³/mol. The third-order valence-corrected chi connectivity index (χ3v) is 5.76. The number of benzene rings is 2. The maximum absolute atomic E-state index is 12.4. The molecule has 168 valence electrons. The van der Waals surface area contributed by atoms with Crippen LogP contribution in [0, 0.1) is 0 Å². The molecule has 0 radical (unpaired) electrons. The van der Waals surface area contributed by atoms with Gasteiger partial charge in [-0.15, -0.1) is 0 Å². The Bertz CT molecular complexity index is 1030. The average Bonchev–Trinajstić information content (AvgIpc) is 3.30. The second-order valence-corrected chi connectivity index (χ2v) is 8.10. The first-order valence-electron chi connectivity index (χ1n) is 10.5. The molecular weight excluding hydrogens is 424 g/mol. The van der Waals surface area contributed by atoms with Gasteiger partial charge in [0.1, 0.15) is 5.75 Å². The quantitative estimate of drug-likeness (QED) is 0.341. The first-order valence-corrected chi connectivity index (χ1v) is 11.5. The maximum Gasteiger partial charge on any atom is 0.251 e.